The summed E-state index contributed by atoms with van der Waals surface area (Å²) >= 11 is 1.56. The van der Waals surface area contributed by atoms with Crippen LogP contribution < -0.4 is 16.9 Å². The molecule has 1 aromatic carbocycles. The van der Waals surface area contributed by atoms with Crippen LogP contribution in [-0.4, -0.2) is 67.6 Å². The molecule has 1 fully saturated rings. The zero-order chi connectivity index (χ0) is 25.9. The molecule has 3 aromatic heterocycles. The monoisotopic (exact) mass is 521 g/mol. The second kappa shape index (κ2) is 10.3. The summed E-state index contributed by atoms with van der Waals surface area (Å²) in [5.74, 6) is 6.03. The number of likely N-dealkylation sites (tertiary alicyclic amines) is 1. The van der Waals surface area contributed by atoms with E-state index in [9.17, 15) is 9.59 Å². The molecule has 2 amide bonds. The number of aromatic nitrogens is 4. The Bertz CT molecular complexity index is 1390. The van der Waals surface area contributed by atoms with Crippen molar-refractivity contribution in [3.05, 3.63) is 61.1 Å². The van der Waals surface area contributed by atoms with Gasteiger partial charge in [0.15, 0.2) is 4.96 Å². The highest BCUT2D eigenvalue weighted by Crippen LogP contribution is 2.31. The maximum absolute atomic E-state index is 12.5. The normalized spacial score (nSPS) is 15.8. The van der Waals surface area contributed by atoms with Gasteiger partial charge in [-0.3, -0.25) is 14.2 Å². The van der Waals surface area contributed by atoms with Crippen LogP contribution >= 0.6 is 11.3 Å². The molecule has 1 aliphatic heterocycles. The Morgan fingerprint density at radius 2 is 2.08 bits per heavy atom. The maximum atomic E-state index is 12.5. The van der Waals surface area contributed by atoms with Crippen molar-refractivity contribution in [2.24, 2.45) is 11.6 Å². The van der Waals surface area contributed by atoms with Crippen molar-refractivity contribution in [1.82, 2.24) is 34.6 Å². The van der Waals surface area contributed by atoms with E-state index in [1.165, 1.54) is 12.1 Å². The lowest BCUT2D eigenvalue weighted by molar-refractivity contribution is -0.133. The molecule has 0 radical (unpaired) electrons. The van der Waals surface area contributed by atoms with Gasteiger partial charge in [0.1, 0.15) is 18.4 Å². The van der Waals surface area contributed by atoms with Gasteiger partial charge in [-0.15, -0.1) is 0 Å². The third-order valence-electron chi connectivity index (χ3n) is 6.17. The van der Waals surface area contributed by atoms with Crippen LogP contribution in [0.25, 0.3) is 32.4 Å². The van der Waals surface area contributed by atoms with Gasteiger partial charge in [-0.2, -0.15) is 0 Å². The molecule has 5 rings (SSSR count). The van der Waals surface area contributed by atoms with Gasteiger partial charge < -0.3 is 25.7 Å². The number of hydrogen-bond donors (Lipinski definition) is 4. The topological polar surface area (TPSA) is 160 Å². The average molecular weight is 522 g/mol. The number of carbonyl (C=O) groups excluding carboxylic acids is 2. The number of nitrogens with two attached hydrogens (primary N) is 2. The van der Waals surface area contributed by atoms with Gasteiger partial charge in [0.2, 0.25) is 5.91 Å². The first kappa shape index (κ1) is 24.3. The molecule has 6 N–H and O–H groups in total. The third kappa shape index (κ3) is 5.13. The summed E-state index contributed by atoms with van der Waals surface area (Å²) in [6, 6.07) is 8.24. The van der Waals surface area contributed by atoms with Crippen LogP contribution in [0.15, 0.2) is 55.4 Å². The fraction of sp³-hybridized carbons (Fsp3) is 0.250. The lowest BCUT2D eigenvalue weighted by Gasteiger charge is -2.31. The summed E-state index contributed by atoms with van der Waals surface area (Å²) in [6.07, 6.45) is 9.36. The number of nitrogens with zero attached hydrogens (tertiary/aromatic N) is 5. The number of rotatable bonds is 7. The molecule has 1 saturated heterocycles. The van der Waals surface area contributed by atoms with Gasteiger partial charge in [-0.1, -0.05) is 35.6 Å². The summed E-state index contributed by atoms with van der Waals surface area (Å²) in [7, 11) is 1.24. The number of H-pyrrole nitrogens is 1. The van der Waals surface area contributed by atoms with Crippen LogP contribution in [0.4, 0.5) is 4.79 Å². The molecule has 1 atom stereocenters. The fourth-order valence-corrected chi connectivity index (χ4v) is 5.25. The predicted octanol–water partition coefficient (Wildman–Crippen LogP) is 2.19. The summed E-state index contributed by atoms with van der Waals surface area (Å²) in [5.41, 5.74) is 10.4. The number of hydrogen-bond acceptors (Lipinski definition) is 9. The quantitative estimate of drug-likeness (QED) is 0.213. The van der Waals surface area contributed by atoms with Gasteiger partial charge in [0.05, 0.1) is 35.9 Å². The van der Waals surface area contributed by atoms with E-state index in [1.807, 2.05) is 16.8 Å². The van der Waals surface area contributed by atoms with Crippen molar-refractivity contribution in [3.8, 4) is 21.7 Å². The molecule has 4 aromatic rings. The first-order valence-electron chi connectivity index (χ1n) is 11.6. The standard InChI is InChI=1S/C24H27N9O3S/c1-36-24(35)28-10-22(34)32-8-2-3-21(32)33(26)11-17(25)19-12-31-13-20(37-23(31)30-19)16-6-4-15(5-7-16)18-9-27-14-29-18/h4-7,9,11-14,21H,2-3,8,10,25-26H2,1H3,(H,27,29)(H,28,35)/b17-11-. The Labute approximate surface area is 216 Å². The molecule has 13 heteroatoms. The highest BCUT2D eigenvalue weighted by Gasteiger charge is 2.31. The number of amides is 2. The second-order valence-corrected chi connectivity index (χ2v) is 9.55. The number of imidazole rings is 2. The third-order valence-corrected chi connectivity index (χ3v) is 7.22. The molecule has 12 nitrogen and oxygen atoms in total. The average Bonchev–Trinajstić information content (AvgIpc) is 3.70. The molecule has 192 valence electrons. The molecular weight excluding hydrogens is 494 g/mol. The van der Waals surface area contributed by atoms with Crippen LogP contribution in [0.1, 0.15) is 18.5 Å². The Morgan fingerprint density at radius 1 is 1.30 bits per heavy atom. The van der Waals surface area contributed by atoms with E-state index < -0.39 is 6.09 Å². The van der Waals surface area contributed by atoms with Crippen LogP contribution in [0.3, 0.4) is 0 Å². The van der Waals surface area contributed by atoms with Crippen LogP contribution in [0.5, 0.6) is 0 Å². The van der Waals surface area contributed by atoms with Crippen molar-refractivity contribution >= 4 is 34.0 Å². The molecular formula is C24H27N9O3S. The smallest absolute Gasteiger partial charge is 0.407 e. The Hall–Kier alpha value is -4.36. The number of aromatic amines is 1. The van der Waals surface area contributed by atoms with E-state index in [0.717, 1.165) is 33.1 Å². The SMILES string of the molecule is COC(=O)NCC(=O)N1CCCC1N(N)/C=C(\N)c1cn2cc(-c3ccc(-c4cnc[nH]4)cc3)sc2n1. The molecule has 4 heterocycles. The van der Waals surface area contributed by atoms with E-state index in [-0.39, 0.29) is 18.6 Å². The van der Waals surface area contributed by atoms with E-state index in [0.29, 0.717) is 24.4 Å². The molecule has 37 heavy (non-hydrogen) atoms. The number of nitrogens with one attached hydrogen (secondary N) is 2. The summed E-state index contributed by atoms with van der Waals surface area (Å²) in [6.45, 7) is 0.376. The van der Waals surface area contributed by atoms with Crippen molar-refractivity contribution in [2.45, 2.75) is 19.0 Å². The van der Waals surface area contributed by atoms with Crippen LogP contribution in [0.2, 0.25) is 0 Å². The van der Waals surface area contributed by atoms with Crippen molar-refractivity contribution in [1.29, 1.82) is 0 Å². The number of benzene rings is 1. The van der Waals surface area contributed by atoms with Gasteiger partial charge in [-0.25, -0.2) is 20.6 Å². The minimum atomic E-state index is -0.660. The lowest BCUT2D eigenvalue weighted by atomic mass is 10.1. The highest BCUT2D eigenvalue weighted by molar-refractivity contribution is 7.20. The van der Waals surface area contributed by atoms with E-state index >= 15 is 0 Å². The van der Waals surface area contributed by atoms with Crippen molar-refractivity contribution in [3.63, 3.8) is 0 Å². The van der Waals surface area contributed by atoms with E-state index in [2.05, 4.69) is 49.3 Å². The molecule has 0 spiro atoms. The van der Waals surface area contributed by atoms with Gasteiger partial charge in [-0.05, 0) is 24.0 Å². The first-order chi connectivity index (χ1) is 17.9. The van der Waals surface area contributed by atoms with Crippen molar-refractivity contribution in [2.75, 3.05) is 20.2 Å². The highest BCUT2D eigenvalue weighted by atomic mass is 32.1. The zero-order valence-electron chi connectivity index (χ0n) is 20.1. The Kier molecular flexibility index (Phi) is 6.79. The Morgan fingerprint density at radius 3 is 2.78 bits per heavy atom. The number of methoxy groups -OCH3 is 1. The largest absolute Gasteiger partial charge is 0.453 e. The van der Waals surface area contributed by atoms with E-state index in [4.69, 9.17) is 11.6 Å². The van der Waals surface area contributed by atoms with Crippen LogP contribution in [0, 0.1) is 0 Å². The Balaban J connectivity index is 1.27. The van der Waals surface area contributed by atoms with E-state index in [1.54, 1.807) is 35.0 Å². The minimum Gasteiger partial charge on any atom is -0.453 e. The zero-order valence-corrected chi connectivity index (χ0v) is 20.9. The molecule has 0 bridgehead atoms. The van der Waals surface area contributed by atoms with Gasteiger partial charge in [0.25, 0.3) is 0 Å². The van der Waals surface area contributed by atoms with Crippen molar-refractivity contribution < 1.29 is 14.3 Å². The molecule has 1 unspecified atom stereocenters. The fourth-order valence-electron chi connectivity index (χ4n) is 4.28. The summed E-state index contributed by atoms with van der Waals surface area (Å²) in [4.78, 5) is 39.2. The second-order valence-electron chi connectivity index (χ2n) is 8.54. The number of fused-ring (bicyclic) bond motifs is 1. The minimum absolute atomic E-state index is 0.165. The molecule has 0 aliphatic carbocycles. The first-order valence-corrected chi connectivity index (χ1v) is 12.4. The van der Waals surface area contributed by atoms with Gasteiger partial charge in [0, 0.05) is 25.1 Å². The molecule has 0 saturated carbocycles. The van der Waals surface area contributed by atoms with Crippen LogP contribution in [-0.2, 0) is 9.53 Å². The lowest BCUT2D eigenvalue weighted by Crippen LogP contribution is -2.51. The summed E-state index contributed by atoms with van der Waals surface area (Å²) in [5, 5.41) is 3.83. The number of thiazole rings is 1. The molecule has 1 aliphatic rings. The number of hydrazine groups is 1. The maximum Gasteiger partial charge on any atom is 0.407 e. The van der Waals surface area contributed by atoms with Gasteiger partial charge >= 0.3 is 6.09 Å². The number of alkyl carbamates (subject to hydrolysis) is 1. The number of carbonyl (C=O) groups is 2. The predicted molar refractivity (Wildman–Crippen MR) is 139 cm³/mol. The summed E-state index contributed by atoms with van der Waals surface area (Å²) < 4.78 is 6.45. The number of ether oxygens (including phenoxy) is 1.